The number of nitrogens with one attached hydrogen (secondary N) is 2. The quantitative estimate of drug-likeness (QED) is 0.829. The second-order valence-electron chi connectivity index (χ2n) is 5.01. The van der Waals surface area contributed by atoms with E-state index in [1.807, 2.05) is 31.4 Å². The number of para-hydroxylation sites is 1. The van der Waals surface area contributed by atoms with Gasteiger partial charge in [0.15, 0.2) is 0 Å². The standard InChI is InChI=1S/C17H18N2O2S/c1-12(2)18-17(21)14-7-3-4-8-15(14)19-16(20)10-9-13-6-5-11-22-13/h3-12H,1-2H3,(H,18,21)(H,19,20). The van der Waals surface area contributed by atoms with Crippen molar-refractivity contribution in [2.45, 2.75) is 19.9 Å². The molecule has 4 nitrogen and oxygen atoms in total. The zero-order chi connectivity index (χ0) is 15.9. The largest absolute Gasteiger partial charge is 0.350 e. The summed E-state index contributed by atoms with van der Waals surface area (Å²) in [4.78, 5) is 25.1. The smallest absolute Gasteiger partial charge is 0.253 e. The van der Waals surface area contributed by atoms with Crippen molar-refractivity contribution in [3.63, 3.8) is 0 Å². The van der Waals surface area contributed by atoms with Gasteiger partial charge in [-0.05, 0) is 43.5 Å². The van der Waals surface area contributed by atoms with Gasteiger partial charge in [-0.1, -0.05) is 18.2 Å². The Kier molecular flexibility index (Phi) is 5.49. The minimum Gasteiger partial charge on any atom is -0.350 e. The van der Waals surface area contributed by atoms with E-state index in [0.29, 0.717) is 11.3 Å². The summed E-state index contributed by atoms with van der Waals surface area (Å²) in [5.41, 5.74) is 0.954. The topological polar surface area (TPSA) is 58.2 Å². The van der Waals surface area contributed by atoms with E-state index in [0.717, 1.165) is 4.88 Å². The molecule has 0 unspecified atom stereocenters. The molecule has 5 heteroatoms. The second kappa shape index (κ2) is 7.56. The van der Waals surface area contributed by atoms with Gasteiger partial charge in [-0.25, -0.2) is 0 Å². The lowest BCUT2D eigenvalue weighted by Gasteiger charge is -2.12. The van der Waals surface area contributed by atoms with E-state index in [1.165, 1.54) is 6.08 Å². The molecule has 2 amide bonds. The molecule has 114 valence electrons. The number of rotatable bonds is 5. The van der Waals surface area contributed by atoms with Gasteiger partial charge in [0.2, 0.25) is 5.91 Å². The highest BCUT2D eigenvalue weighted by Crippen LogP contribution is 2.16. The van der Waals surface area contributed by atoms with E-state index < -0.39 is 0 Å². The van der Waals surface area contributed by atoms with Crippen molar-refractivity contribution in [2.24, 2.45) is 0 Å². The van der Waals surface area contributed by atoms with Crippen molar-refractivity contribution in [2.75, 3.05) is 5.32 Å². The van der Waals surface area contributed by atoms with Crippen molar-refractivity contribution in [1.82, 2.24) is 5.32 Å². The number of amides is 2. The molecule has 0 saturated carbocycles. The fourth-order valence-electron chi connectivity index (χ4n) is 1.85. The Bertz CT molecular complexity index is 676. The Morgan fingerprint density at radius 1 is 1.14 bits per heavy atom. The van der Waals surface area contributed by atoms with E-state index in [9.17, 15) is 9.59 Å². The Hall–Kier alpha value is -2.40. The number of carbonyl (C=O) groups excluding carboxylic acids is 2. The van der Waals surface area contributed by atoms with Gasteiger partial charge >= 0.3 is 0 Å². The van der Waals surface area contributed by atoms with Crippen LogP contribution < -0.4 is 10.6 Å². The molecule has 0 radical (unpaired) electrons. The predicted molar refractivity (Wildman–Crippen MR) is 91.0 cm³/mol. The molecule has 1 aromatic carbocycles. The van der Waals surface area contributed by atoms with Crippen LogP contribution in [0.4, 0.5) is 5.69 Å². The lowest BCUT2D eigenvalue weighted by Crippen LogP contribution is -2.30. The SMILES string of the molecule is CC(C)NC(=O)c1ccccc1NC(=O)C=Cc1cccs1. The molecule has 0 spiro atoms. The minimum absolute atomic E-state index is 0.0370. The van der Waals surface area contributed by atoms with Crippen LogP contribution in [-0.2, 0) is 4.79 Å². The summed E-state index contributed by atoms with van der Waals surface area (Å²) in [6.45, 7) is 3.78. The third kappa shape index (κ3) is 4.56. The fraction of sp³-hybridized carbons (Fsp3) is 0.176. The molecule has 22 heavy (non-hydrogen) atoms. The van der Waals surface area contributed by atoms with Crippen LogP contribution in [0.25, 0.3) is 6.08 Å². The van der Waals surface area contributed by atoms with Crippen LogP contribution >= 0.6 is 11.3 Å². The highest BCUT2D eigenvalue weighted by atomic mass is 32.1. The Morgan fingerprint density at radius 3 is 2.59 bits per heavy atom. The third-order valence-electron chi connectivity index (χ3n) is 2.79. The summed E-state index contributed by atoms with van der Waals surface area (Å²) in [5.74, 6) is -0.466. The molecule has 1 heterocycles. The molecular weight excluding hydrogens is 296 g/mol. The third-order valence-corrected chi connectivity index (χ3v) is 3.63. The summed E-state index contributed by atoms with van der Waals surface area (Å²) < 4.78 is 0. The Morgan fingerprint density at radius 2 is 1.91 bits per heavy atom. The molecule has 2 aromatic rings. The van der Waals surface area contributed by atoms with Crippen molar-refractivity contribution < 1.29 is 9.59 Å². The number of hydrogen-bond acceptors (Lipinski definition) is 3. The zero-order valence-corrected chi connectivity index (χ0v) is 13.3. The molecule has 0 bridgehead atoms. The average molecular weight is 314 g/mol. The average Bonchev–Trinajstić information content (AvgIpc) is 2.98. The Balaban J connectivity index is 2.09. The lowest BCUT2D eigenvalue weighted by atomic mass is 10.1. The van der Waals surface area contributed by atoms with Crippen LogP contribution in [0.2, 0.25) is 0 Å². The van der Waals surface area contributed by atoms with Gasteiger partial charge in [0.05, 0.1) is 11.3 Å². The van der Waals surface area contributed by atoms with Crippen LogP contribution in [0.15, 0.2) is 47.9 Å². The molecule has 0 aliphatic heterocycles. The first-order valence-electron chi connectivity index (χ1n) is 6.98. The lowest BCUT2D eigenvalue weighted by molar-refractivity contribution is -0.111. The van der Waals surface area contributed by atoms with E-state index >= 15 is 0 Å². The van der Waals surface area contributed by atoms with Gasteiger partial charge in [-0.3, -0.25) is 9.59 Å². The minimum atomic E-state index is -0.266. The van der Waals surface area contributed by atoms with Gasteiger partial charge in [0, 0.05) is 17.0 Å². The molecule has 0 saturated heterocycles. The van der Waals surface area contributed by atoms with Gasteiger partial charge in [0.1, 0.15) is 0 Å². The molecule has 2 rings (SSSR count). The van der Waals surface area contributed by atoms with Crippen molar-refractivity contribution in [3.8, 4) is 0 Å². The molecule has 2 N–H and O–H groups in total. The van der Waals surface area contributed by atoms with Crippen molar-refractivity contribution >= 4 is 34.9 Å². The number of benzene rings is 1. The molecule has 0 fully saturated rings. The van der Waals surface area contributed by atoms with E-state index in [1.54, 1.807) is 41.7 Å². The first kappa shape index (κ1) is 16.0. The van der Waals surface area contributed by atoms with Gasteiger partial charge in [0.25, 0.3) is 5.91 Å². The van der Waals surface area contributed by atoms with Crippen LogP contribution in [-0.4, -0.2) is 17.9 Å². The maximum Gasteiger partial charge on any atom is 0.253 e. The fourth-order valence-corrected chi connectivity index (χ4v) is 2.47. The highest BCUT2D eigenvalue weighted by Gasteiger charge is 2.12. The summed E-state index contributed by atoms with van der Waals surface area (Å²) >= 11 is 1.56. The van der Waals surface area contributed by atoms with Crippen LogP contribution in [0, 0.1) is 0 Å². The summed E-state index contributed by atoms with van der Waals surface area (Å²) in [7, 11) is 0. The molecule has 0 aliphatic rings. The number of thiophene rings is 1. The van der Waals surface area contributed by atoms with E-state index in [4.69, 9.17) is 0 Å². The van der Waals surface area contributed by atoms with Gasteiger partial charge in [-0.15, -0.1) is 11.3 Å². The van der Waals surface area contributed by atoms with Crippen LogP contribution in [0.5, 0.6) is 0 Å². The van der Waals surface area contributed by atoms with Crippen molar-refractivity contribution in [3.05, 3.63) is 58.3 Å². The summed E-state index contributed by atoms with van der Waals surface area (Å²) in [5, 5.41) is 7.51. The van der Waals surface area contributed by atoms with Crippen LogP contribution in [0.1, 0.15) is 29.1 Å². The number of hydrogen-bond donors (Lipinski definition) is 2. The highest BCUT2D eigenvalue weighted by molar-refractivity contribution is 7.10. The summed E-state index contributed by atoms with van der Waals surface area (Å²) in [6, 6.07) is 10.8. The molecular formula is C17H18N2O2S. The van der Waals surface area contributed by atoms with E-state index in [2.05, 4.69) is 10.6 Å². The Labute approximate surface area is 133 Å². The number of anilines is 1. The van der Waals surface area contributed by atoms with E-state index in [-0.39, 0.29) is 17.9 Å². The summed E-state index contributed by atoms with van der Waals surface area (Å²) in [6.07, 6.45) is 3.21. The van der Waals surface area contributed by atoms with Gasteiger partial charge < -0.3 is 10.6 Å². The predicted octanol–water partition coefficient (Wildman–Crippen LogP) is 3.54. The normalized spacial score (nSPS) is 10.9. The maximum atomic E-state index is 12.1. The zero-order valence-electron chi connectivity index (χ0n) is 12.5. The molecule has 1 aromatic heterocycles. The van der Waals surface area contributed by atoms with Gasteiger partial charge in [-0.2, -0.15) is 0 Å². The first-order chi connectivity index (χ1) is 10.6. The maximum absolute atomic E-state index is 12.1. The first-order valence-corrected chi connectivity index (χ1v) is 7.86. The monoisotopic (exact) mass is 314 g/mol. The molecule has 0 atom stereocenters. The molecule has 0 aliphatic carbocycles. The van der Waals surface area contributed by atoms with Crippen LogP contribution in [0.3, 0.4) is 0 Å². The second-order valence-corrected chi connectivity index (χ2v) is 5.99. The number of carbonyl (C=O) groups is 2. The van der Waals surface area contributed by atoms with Crippen molar-refractivity contribution in [1.29, 1.82) is 0 Å².